The molecular formula is C19H25N3O3. The number of likely N-dealkylation sites (tertiary alicyclic amines) is 1. The number of hydrogen-bond donors (Lipinski definition) is 1. The Morgan fingerprint density at radius 3 is 2.88 bits per heavy atom. The van der Waals surface area contributed by atoms with Gasteiger partial charge >= 0.3 is 5.97 Å². The third-order valence-electron chi connectivity index (χ3n) is 4.53. The number of rotatable bonds is 6. The molecule has 0 spiro atoms. The molecule has 3 rings (SSSR count). The van der Waals surface area contributed by atoms with Crippen LogP contribution in [0.3, 0.4) is 0 Å². The second-order valence-electron chi connectivity index (χ2n) is 6.43. The van der Waals surface area contributed by atoms with E-state index in [9.17, 15) is 9.90 Å². The molecule has 1 atom stereocenters. The largest absolute Gasteiger partial charge is 0.461 e. The van der Waals surface area contributed by atoms with Gasteiger partial charge in [0.05, 0.1) is 12.3 Å². The van der Waals surface area contributed by atoms with Gasteiger partial charge in [-0.15, -0.1) is 0 Å². The molecule has 2 aromatic rings. The highest BCUT2D eigenvalue weighted by Gasteiger charge is 2.24. The van der Waals surface area contributed by atoms with E-state index in [-0.39, 0.29) is 12.6 Å². The Hall–Kier alpha value is -2.18. The van der Waals surface area contributed by atoms with Crippen molar-refractivity contribution in [2.75, 3.05) is 26.3 Å². The first-order valence-corrected chi connectivity index (χ1v) is 8.85. The number of aromatic nitrogens is 2. The number of carbonyl (C=O) groups excluding carboxylic acids is 1. The number of esters is 1. The zero-order chi connectivity index (χ0) is 17.6. The van der Waals surface area contributed by atoms with Crippen LogP contribution in [0, 0.1) is 5.92 Å². The summed E-state index contributed by atoms with van der Waals surface area (Å²) in [6, 6.07) is 9.74. The van der Waals surface area contributed by atoms with Crippen molar-refractivity contribution in [1.29, 1.82) is 0 Å². The molecule has 0 bridgehead atoms. The van der Waals surface area contributed by atoms with E-state index < -0.39 is 0 Å². The third kappa shape index (κ3) is 4.27. The summed E-state index contributed by atoms with van der Waals surface area (Å²) >= 11 is 0. The van der Waals surface area contributed by atoms with E-state index in [1.807, 2.05) is 36.5 Å². The summed E-state index contributed by atoms with van der Waals surface area (Å²) < 4.78 is 6.91. The molecule has 1 aliphatic heterocycles. The third-order valence-corrected chi connectivity index (χ3v) is 4.53. The lowest BCUT2D eigenvalue weighted by molar-refractivity contribution is 0.0515. The predicted octanol–water partition coefficient (Wildman–Crippen LogP) is 2.25. The van der Waals surface area contributed by atoms with E-state index in [0.717, 1.165) is 37.2 Å². The number of carbonyl (C=O) groups is 1. The number of hydrogen-bond acceptors (Lipinski definition) is 5. The van der Waals surface area contributed by atoms with Crippen molar-refractivity contribution in [3.8, 4) is 5.69 Å². The molecule has 1 aromatic carbocycles. The van der Waals surface area contributed by atoms with Gasteiger partial charge in [-0.3, -0.25) is 4.90 Å². The monoisotopic (exact) mass is 343 g/mol. The Bertz CT molecular complexity index is 699. The van der Waals surface area contributed by atoms with Crippen molar-refractivity contribution < 1.29 is 14.6 Å². The molecule has 0 saturated carbocycles. The number of benzene rings is 1. The summed E-state index contributed by atoms with van der Waals surface area (Å²) in [6.45, 7) is 4.78. The molecule has 1 N–H and O–H groups in total. The van der Waals surface area contributed by atoms with Crippen LogP contribution in [-0.4, -0.2) is 52.1 Å². The van der Waals surface area contributed by atoms with Gasteiger partial charge in [-0.2, -0.15) is 5.10 Å². The summed E-state index contributed by atoms with van der Waals surface area (Å²) in [4.78, 5) is 14.6. The van der Waals surface area contributed by atoms with Gasteiger partial charge < -0.3 is 9.84 Å². The molecule has 0 aliphatic carbocycles. The van der Waals surface area contributed by atoms with E-state index in [1.54, 1.807) is 11.6 Å². The van der Waals surface area contributed by atoms with Crippen LogP contribution in [0.4, 0.5) is 0 Å². The van der Waals surface area contributed by atoms with Crippen LogP contribution in [0.25, 0.3) is 5.69 Å². The SMILES string of the molecule is CCOC(=O)c1nn(-c2ccccc2)cc1CN1CCCC(CO)C1. The van der Waals surface area contributed by atoms with Crippen LogP contribution < -0.4 is 0 Å². The lowest BCUT2D eigenvalue weighted by Gasteiger charge is -2.31. The van der Waals surface area contributed by atoms with Crippen LogP contribution in [0.1, 0.15) is 35.8 Å². The number of aliphatic hydroxyl groups excluding tert-OH is 1. The highest BCUT2D eigenvalue weighted by molar-refractivity contribution is 5.88. The van der Waals surface area contributed by atoms with E-state index in [4.69, 9.17) is 4.74 Å². The molecule has 1 aromatic heterocycles. The van der Waals surface area contributed by atoms with Gasteiger partial charge in [-0.1, -0.05) is 18.2 Å². The molecule has 6 heteroatoms. The van der Waals surface area contributed by atoms with Crippen LogP contribution in [-0.2, 0) is 11.3 Å². The zero-order valence-corrected chi connectivity index (χ0v) is 14.6. The highest BCUT2D eigenvalue weighted by Crippen LogP contribution is 2.21. The van der Waals surface area contributed by atoms with Gasteiger partial charge in [-0.05, 0) is 44.4 Å². The van der Waals surface area contributed by atoms with Crippen molar-refractivity contribution in [1.82, 2.24) is 14.7 Å². The first kappa shape index (κ1) is 17.6. The first-order valence-electron chi connectivity index (χ1n) is 8.85. The molecule has 1 aliphatic rings. The Balaban J connectivity index is 1.85. The molecule has 0 radical (unpaired) electrons. The van der Waals surface area contributed by atoms with Crippen molar-refractivity contribution in [3.05, 3.63) is 47.8 Å². The molecule has 25 heavy (non-hydrogen) atoms. The minimum atomic E-state index is -0.386. The Kier molecular flexibility index (Phi) is 5.83. The second kappa shape index (κ2) is 8.27. The quantitative estimate of drug-likeness (QED) is 0.815. The maximum Gasteiger partial charge on any atom is 0.359 e. The van der Waals surface area contributed by atoms with Gasteiger partial charge in [0.25, 0.3) is 0 Å². The van der Waals surface area contributed by atoms with Gasteiger partial charge in [0.15, 0.2) is 5.69 Å². The topological polar surface area (TPSA) is 67.6 Å². The van der Waals surface area contributed by atoms with Gasteiger partial charge in [0, 0.05) is 31.5 Å². The smallest absolute Gasteiger partial charge is 0.359 e. The molecule has 2 heterocycles. The highest BCUT2D eigenvalue weighted by atomic mass is 16.5. The van der Waals surface area contributed by atoms with E-state index in [0.29, 0.717) is 24.8 Å². The Morgan fingerprint density at radius 2 is 2.16 bits per heavy atom. The Labute approximate surface area is 148 Å². The van der Waals surface area contributed by atoms with Gasteiger partial charge in [0.2, 0.25) is 0 Å². The van der Waals surface area contributed by atoms with Crippen LogP contribution in [0.15, 0.2) is 36.5 Å². The minimum absolute atomic E-state index is 0.213. The summed E-state index contributed by atoms with van der Waals surface area (Å²) in [5.74, 6) is -0.0770. The molecule has 0 amide bonds. The maximum absolute atomic E-state index is 12.3. The normalized spacial score (nSPS) is 18.2. The summed E-state index contributed by atoms with van der Waals surface area (Å²) in [6.07, 6.45) is 4.03. The predicted molar refractivity (Wildman–Crippen MR) is 94.6 cm³/mol. The van der Waals surface area contributed by atoms with Crippen molar-refractivity contribution in [2.45, 2.75) is 26.3 Å². The van der Waals surface area contributed by atoms with Crippen LogP contribution in [0.2, 0.25) is 0 Å². The Morgan fingerprint density at radius 1 is 1.36 bits per heavy atom. The summed E-state index contributed by atoms with van der Waals surface area (Å²) in [5, 5.41) is 13.9. The number of aliphatic hydroxyl groups is 1. The van der Waals surface area contributed by atoms with Crippen LogP contribution in [0.5, 0.6) is 0 Å². The lowest BCUT2D eigenvalue weighted by atomic mass is 9.98. The molecule has 1 unspecified atom stereocenters. The summed E-state index contributed by atoms with van der Waals surface area (Å²) in [7, 11) is 0. The molecule has 134 valence electrons. The number of ether oxygens (including phenoxy) is 1. The van der Waals surface area contributed by atoms with Gasteiger partial charge in [-0.25, -0.2) is 9.48 Å². The van der Waals surface area contributed by atoms with Gasteiger partial charge in [0.1, 0.15) is 0 Å². The fraction of sp³-hybridized carbons (Fsp3) is 0.474. The average Bonchev–Trinajstić information content (AvgIpc) is 3.07. The molecule has 6 nitrogen and oxygen atoms in total. The van der Waals surface area contributed by atoms with Crippen molar-refractivity contribution >= 4 is 5.97 Å². The van der Waals surface area contributed by atoms with E-state index in [1.165, 1.54) is 0 Å². The standard InChI is InChI=1S/C19H25N3O3/c1-2-25-19(24)18-16(12-21-10-6-7-15(11-21)14-23)13-22(20-18)17-8-4-3-5-9-17/h3-5,8-9,13,15,23H,2,6-7,10-12,14H2,1H3. The zero-order valence-electron chi connectivity index (χ0n) is 14.6. The number of para-hydroxylation sites is 1. The number of nitrogens with zero attached hydrogens (tertiary/aromatic N) is 3. The lowest BCUT2D eigenvalue weighted by Crippen LogP contribution is -2.36. The van der Waals surface area contributed by atoms with E-state index in [2.05, 4.69) is 10.00 Å². The average molecular weight is 343 g/mol. The summed E-state index contributed by atoms with van der Waals surface area (Å²) in [5.41, 5.74) is 2.14. The molecule has 1 saturated heterocycles. The van der Waals surface area contributed by atoms with E-state index >= 15 is 0 Å². The van der Waals surface area contributed by atoms with Crippen molar-refractivity contribution in [2.24, 2.45) is 5.92 Å². The molecule has 1 fully saturated rings. The fourth-order valence-corrected chi connectivity index (χ4v) is 3.29. The fourth-order valence-electron chi connectivity index (χ4n) is 3.29. The molecular weight excluding hydrogens is 318 g/mol. The number of piperidine rings is 1. The minimum Gasteiger partial charge on any atom is -0.461 e. The maximum atomic E-state index is 12.3. The van der Waals surface area contributed by atoms with Crippen LogP contribution >= 0.6 is 0 Å². The first-order chi connectivity index (χ1) is 12.2. The second-order valence-corrected chi connectivity index (χ2v) is 6.43. The van der Waals surface area contributed by atoms with Crippen molar-refractivity contribution in [3.63, 3.8) is 0 Å².